The fraction of sp³-hybridized carbons (Fsp3) is 0.786. The largest absolute Gasteiger partial charge is 0.465 e. The predicted octanol–water partition coefficient (Wildman–Crippen LogP) is 1.22. The van der Waals surface area contributed by atoms with Gasteiger partial charge in [0, 0.05) is 28.8 Å². The third-order valence-corrected chi connectivity index (χ3v) is 7.07. The highest BCUT2D eigenvalue weighted by molar-refractivity contribution is 7.80. The maximum Gasteiger partial charge on any atom is 0.308 e. The number of aliphatic hydroxyl groups excluding tert-OH is 1. The third-order valence-electron chi connectivity index (χ3n) is 5.95. The van der Waals surface area contributed by atoms with Crippen LogP contribution in [0.3, 0.4) is 0 Å². The number of hydrogen-bond donors (Lipinski definition) is 6. The molecule has 0 aliphatic rings. The number of ether oxygens (including phenoxy) is 7. The number of aliphatic hydroxyl groups is 1. The Kier molecular flexibility index (Phi) is 26.5. The van der Waals surface area contributed by atoms with E-state index in [1.54, 1.807) is 0 Å². The van der Waals surface area contributed by atoms with Crippen molar-refractivity contribution < 1.29 is 67.0 Å². The number of thiol groups is 5. The highest BCUT2D eigenvalue weighted by Crippen LogP contribution is 2.26. The van der Waals surface area contributed by atoms with E-state index in [2.05, 4.69) is 63.1 Å². The summed E-state index contributed by atoms with van der Waals surface area (Å²) >= 11 is 20.1. The number of carbonyl (C=O) groups is 6. The van der Waals surface area contributed by atoms with E-state index in [-0.39, 0.29) is 80.5 Å². The molecule has 0 aromatic heterocycles. The van der Waals surface area contributed by atoms with Crippen LogP contribution in [0.25, 0.3) is 0 Å². The molecule has 0 saturated heterocycles. The minimum Gasteiger partial charge on any atom is -0.465 e. The summed E-state index contributed by atoms with van der Waals surface area (Å²) in [5.41, 5.74) is -2.90. The Hall–Kier alpha value is -1.51. The summed E-state index contributed by atoms with van der Waals surface area (Å²) in [5, 5.41) is 9.14. The summed E-state index contributed by atoms with van der Waals surface area (Å²) in [7, 11) is 0. The van der Waals surface area contributed by atoms with Crippen molar-refractivity contribution in [3.8, 4) is 0 Å². The van der Waals surface area contributed by atoms with Gasteiger partial charge in [-0.05, 0) is 0 Å². The second-order valence-corrected chi connectivity index (χ2v) is 12.5. The SMILES string of the molecule is O=C(CCO)OCC(COCC(COC(=O)CCS)(COC(=O)CCS)COC(=O)CCS)(COC(=O)CCS)COC(=O)CCS. The van der Waals surface area contributed by atoms with E-state index in [0.29, 0.717) is 0 Å². The fourth-order valence-corrected chi connectivity index (χ4v) is 4.28. The minimum atomic E-state index is -1.47. The molecule has 14 nitrogen and oxygen atoms in total. The van der Waals surface area contributed by atoms with Gasteiger partial charge in [-0.3, -0.25) is 28.8 Å². The van der Waals surface area contributed by atoms with Crippen LogP contribution in [0, 0.1) is 10.8 Å². The molecule has 0 rings (SSSR count). The molecule has 0 aromatic carbocycles. The van der Waals surface area contributed by atoms with E-state index in [4.69, 9.17) is 38.3 Å². The van der Waals surface area contributed by atoms with Crippen LogP contribution in [0.2, 0.25) is 0 Å². The van der Waals surface area contributed by atoms with Gasteiger partial charge in [0.25, 0.3) is 0 Å². The van der Waals surface area contributed by atoms with Crippen molar-refractivity contribution in [3.05, 3.63) is 0 Å². The van der Waals surface area contributed by atoms with Crippen molar-refractivity contribution in [3.63, 3.8) is 0 Å². The molecule has 0 atom stereocenters. The summed E-state index contributed by atoms with van der Waals surface area (Å²) in [6.07, 6.45) is -0.505. The average Bonchev–Trinajstić information content (AvgIpc) is 3.03. The molecule has 0 radical (unpaired) electrons. The van der Waals surface area contributed by atoms with Crippen molar-refractivity contribution in [1.29, 1.82) is 0 Å². The average molecular weight is 767 g/mol. The molecule has 1 N–H and O–H groups in total. The Morgan fingerprint density at radius 2 is 0.596 bits per heavy atom. The quantitative estimate of drug-likeness (QED) is 0.0379. The third kappa shape index (κ3) is 22.0. The van der Waals surface area contributed by atoms with E-state index in [1.807, 2.05) is 0 Å². The van der Waals surface area contributed by atoms with Crippen molar-refractivity contribution in [2.24, 2.45) is 10.8 Å². The highest BCUT2D eigenvalue weighted by Gasteiger charge is 2.40. The zero-order chi connectivity index (χ0) is 35.6. The molecule has 0 heterocycles. The van der Waals surface area contributed by atoms with Crippen LogP contribution < -0.4 is 0 Å². The molecular formula is C28H46O14S5. The number of hydrogen-bond acceptors (Lipinski definition) is 19. The van der Waals surface area contributed by atoms with Crippen LogP contribution in [-0.4, -0.2) is 129 Å². The summed E-state index contributed by atoms with van der Waals surface area (Å²) in [6, 6.07) is 0. The Labute approximate surface area is 302 Å². The van der Waals surface area contributed by atoms with Gasteiger partial charge in [-0.1, -0.05) is 0 Å². The molecule has 0 bridgehead atoms. The van der Waals surface area contributed by atoms with Crippen LogP contribution in [0.4, 0.5) is 0 Å². The molecule has 272 valence electrons. The van der Waals surface area contributed by atoms with Crippen LogP contribution >= 0.6 is 63.1 Å². The summed E-state index contributed by atoms with van der Waals surface area (Å²) < 4.78 is 38.4. The first-order valence-corrected chi connectivity index (χ1v) is 17.8. The Bertz CT molecular complexity index is 784. The number of carbonyl (C=O) groups excluding carboxylic acids is 6. The normalized spacial score (nSPS) is 11.4. The van der Waals surface area contributed by atoms with Gasteiger partial charge in [0.2, 0.25) is 0 Å². The highest BCUT2D eigenvalue weighted by atomic mass is 32.1. The van der Waals surface area contributed by atoms with Gasteiger partial charge in [-0.25, -0.2) is 0 Å². The lowest BCUT2D eigenvalue weighted by Crippen LogP contribution is -2.47. The lowest BCUT2D eigenvalue weighted by atomic mass is 9.90. The van der Waals surface area contributed by atoms with E-state index < -0.39 is 92.9 Å². The van der Waals surface area contributed by atoms with Crippen LogP contribution in [-0.2, 0) is 61.9 Å². The van der Waals surface area contributed by atoms with Gasteiger partial charge in [0.1, 0.15) is 39.6 Å². The van der Waals surface area contributed by atoms with E-state index in [0.717, 1.165) is 0 Å². The van der Waals surface area contributed by atoms with Gasteiger partial charge in [0.15, 0.2) is 0 Å². The smallest absolute Gasteiger partial charge is 0.308 e. The van der Waals surface area contributed by atoms with Gasteiger partial charge in [-0.2, -0.15) is 63.1 Å². The van der Waals surface area contributed by atoms with E-state index in [9.17, 15) is 28.8 Å². The molecule has 0 amide bonds. The first-order chi connectivity index (χ1) is 22.4. The van der Waals surface area contributed by atoms with Crippen molar-refractivity contribution in [2.45, 2.75) is 38.5 Å². The fourth-order valence-electron chi connectivity index (χ4n) is 3.37. The van der Waals surface area contributed by atoms with E-state index >= 15 is 0 Å². The zero-order valence-corrected chi connectivity index (χ0v) is 30.6. The first-order valence-electron chi connectivity index (χ1n) is 14.6. The Morgan fingerprint density at radius 1 is 0.383 bits per heavy atom. The zero-order valence-electron chi connectivity index (χ0n) is 26.1. The van der Waals surface area contributed by atoms with Gasteiger partial charge < -0.3 is 38.3 Å². The van der Waals surface area contributed by atoms with Crippen LogP contribution in [0.1, 0.15) is 38.5 Å². The molecule has 19 heteroatoms. The van der Waals surface area contributed by atoms with Crippen molar-refractivity contribution in [1.82, 2.24) is 0 Å². The molecule has 47 heavy (non-hydrogen) atoms. The summed E-state index contributed by atoms with van der Waals surface area (Å²) in [4.78, 5) is 73.6. The van der Waals surface area contributed by atoms with Gasteiger partial charge in [-0.15, -0.1) is 0 Å². The maximum absolute atomic E-state index is 12.3. The predicted molar refractivity (Wildman–Crippen MR) is 185 cm³/mol. The maximum atomic E-state index is 12.3. The molecule has 0 saturated carbocycles. The standard InChI is InChI=1S/C28H46O14S5/c29-7-1-21(30)37-15-27(16-38-22(31)2-8-43,17-39-23(32)3-9-44)13-36-14-28(18-40-24(33)4-10-45,19-41-25(34)5-11-46)20-42-26(35)6-12-47/h29,43-47H,1-20H2. The summed E-state index contributed by atoms with van der Waals surface area (Å²) in [6.45, 7) is -3.80. The van der Waals surface area contributed by atoms with Gasteiger partial charge in [0.05, 0.1) is 69.2 Å². The number of rotatable bonds is 28. The molecule has 0 spiro atoms. The molecule has 0 fully saturated rings. The van der Waals surface area contributed by atoms with Crippen LogP contribution in [0.5, 0.6) is 0 Å². The molecule has 0 aliphatic heterocycles. The lowest BCUT2D eigenvalue weighted by molar-refractivity contribution is -0.174. The molecule has 0 aromatic rings. The molecule has 0 aliphatic carbocycles. The second kappa shape index (κ2) is 27.3. The Morgan fingerprint density at radius 3 is 0.787 bits per heavy atom. The van der Waals surface area contributed by atoms with Gasteiger partial charge >= 0.3 is 35.8 Å². The Balaban J connectivity index is 6.45. The van der Waals surface area contributed by atoms with E-state index in [1.165, 1.54) is 0 Å². The monoisotopic (exact) mass is 766 g/mol. The second-order valence-electron chi connectivity index (χ2n) is 10.3. The minimum absolute atomic E-state index is 0.0312. The van der Waals surface area contributed by atoms with Crippen molar-refractivity contribution >= 4 is 99.0 Å². The topological polar surface area (TPSA) is 187 Å². The van der Waals surface area contributed by atoms with Crippen LogP contribution in [0.15, 0.2) is 0 Å². The lowest BCUT2D eigenvalue weighted by Gasteiger charge is -2.35. The van der Waals surface area contributed by atoms with Crippen molar-refractivity contribution in [2.75, 3.05) is 88.2 Å². The first kappa shape index (κ1) is 45.5. The summed E-state index contributed by atoms with van der Waals surface area (Å²) in [5.74, 6) is -2.93. The molecular weight excluding hydrogens is 721 g/mol. The molecule has 0 unspecified atom stereocenters. The number of esters is 6.